The molecule has 170 valence electrons. The highest BCUT2D eigenvalue weighted by Gasteiger charge is 2.14. The molecule has 3 heterocycles. The van der Waals surface area contributed by atoms with Crippen LogP contribution in [-0.2, 0) is 24.3 Å². The summed E-state index contributed by atoms with van der Waals surface area (Å²) in [5.74, 6) is 0.444. The Morgan fingerprint density at radius 3 is 2.85 bits per heavy atom. The Labute approximate surface area is 187 Å². The van der Waals surface area contributed by atoms with Gasteiger partial charge in [0.2, 0.25) is 5.91 Å². The zero-order chi connectivity index (χ0) is 23.5. The molecular weight excluding hydrogens is 430 g/mol. The van der Waals surface area contributed by atoms with Crippen LogP contribution in [0.25, 0.3) is 11.0 Å². The molecule has 1 aromatic carbocycles. The first-order valence-electron chi connectivity index (χ1n) is 10.2. The van der Waals surface area contributed by atoms with Gasteiger partial charge in [0.25, 0.3) is 11.2 Å². The van der Waals surface area contributed by atoms with E-state index in [0.29, 0.717) is 41.1 Å². The van der Waals surface area contributed by atoms with Crippen LogP contribution < -0.4 is 10.9 Å². The molecule has 0 radical (unpaired) electrons. The summed E-state index contributed by atoms with van der Waals surface area (Å²) in [6.45, 7) is 4.32. The second-order valence-corrected chi connectivity index (χ2v) is 7.54. The van der Waals surface area contributed by atoms with Crippen LogP contribution in [0.2, 0.25) is 0 Å². The number of nitro benzene ring substituents is 1. The number of amides is 1. The second kappa shape index (κ2) is 9.02. The number of nitrogens with zero attached hydrogens (tertiary/aromatic N) is 6. The lowest BCUT2D eigenvalue weighted by Crippen LogP contribution is -2.29. The lowest BCUT2D eigenvalue weighted by Gasteiger charge is -2.08. The molecule has 12 nitrogen and oxygen atoms in total. The van der Waals surface area contributed by atoms with Gasteiger partial charge >= 0.3 is 0 Å². The number of hydrogen-bond acceptors (Lipinski definition) is 8. The minimum atomic E-state index is -0.481. The van der Waals surface area contributed by atoms with Crippen molar-refractivity contribution < 1.29 is 14.2 Å². The van der Waals surface area contributed by atoms with Crippen molar-refractivity contribution in [1.82, 2.24) is 29.8 Å². The van der Waals surface area contributed by atoms with Gasteiger partial charge in [-0.1, -0.05) is 17.3 Å². The molecule has 0 atom stereocenters. The maximum Gasteiger partial charge on any atom is 0.269 e. The largest absolute Gasteiger partial charge is 0.361 e. The number of benzene rings is 1. The Morgan fingerprint density at radius 1 is 1.30 bits per heavy atom. The molecule has 0 aliphatic carbocycles. The van der Waals surface area contributed by atoms with Crippen LogP contribution in [0.5, 0.6) is 0 Å². The summed E-state index contributed by atoms with van der Waals surface area (Å²) < 4.78 is 7.99. The first-order valence-corrected chi connectivity index (χ1v) is 10.2. The molecule has 3 aromatic heterocycles. The SMILES string of the molecule is Cc1noc(C)c1CC(=O)NCCn1ncc2c(=O)n(Cc3cccc([N+](=O)[O-])c3)cnc21. The van der Waals surface area contributed by atoms with Crippen LogP contribution in [0.1, 0.15) is 22.6 Å². The zero-order valence-electron chi connectivity index (χ0n) is 18.0. The standard InChI is InChI=1S/C21H21N7O5/c1-13-17(14(2)33-25-13)9-19(29)22-6-7-27-20-18(10-24-27)21(30)26(12-23-20)11-15-4-3-5-16(8-15)28(31)32/h3-5,8,10,12H,6-7,9,11H2,1-2H3,(H,22,29). The highest BCUT2D eigenvalue weighted by Crippen LogP contribution is 2.14. The minimum absolute atomic E-state index is 0.0428. The summed E-state index contributed by atoms with van der Waals surface area (Å²) >= 11 is 0. The van der Waals surface area contributed by atoms with Crippen LogP contribution in [0.15, 0.2) is 46.1 Å². The molecule has 1 N–H and O–H groups in total. The summed E-state index contributed by atoms with van der Waals surface area (Å²) in [5.41, 5.74) is 2.12. The number of aromatic nitrogens is 5. The lowest BCUT2D eigenvalue weighted by atomic mass is 10.1. The third-order valence-corrected chi connectivity index (χ3v) is 5.26. The van der Waals surface area contributed by atoms with Crippen LogP contribution >= 0.6 is 0 Å². The van der Waals surface area contributed by atoms with Gasteiger partial charge < -0.3 is 9.84 Å². The molecule has 4 rings (SSSR count). The first kappa shape index (κ1) is 21.9. The average molecular weight is 451 g/mol. The molecule has 0 unspecified atom stereocenters. The molecule has 33 heavy (non-hydrogen) atoms. The van der Waals surface area contributed by atoms with Crippen molar-refractivity contribution >= 4 is 22.6 Å². The molecule has 0 aliphatic rings. The molecule has 4 aromatic rings. The highest BCUT2D eigenvalue weighted by atomic mass is 16.6. The van der Waals surface area contributed by atoms with Gasteiger partial charge in [0.15, 0.2) is 5.65 Å². The van der Waals surface area contributed by atoms with E-state index < -0.39 is 4.92 Å². The first-order chi connectivity index (χ1) is 15.8. The molecule has 0 fully saturated rings. The Hall–Kier alpha value is -4.35. The maximum atomic E-state index is 12.8. The van der Waals surface area contributed by atoms with Crippen molar-refractivity contribution in [3.63, 3.8) is 0 Å². The van der Waals surface area contributed by atoms with E-state index in [0.717, 1.165) is 5.56 Å². The molecule has 0 spiro atoms. The predicted molar refractivity (Wildman–Crippen MR) is 117 cm³/mol. The average Bonchev–Trinajstić information content (AvgIpc) is 3.34. The van der Waals surface area contributed by atoms with Gasteiger partial charge in [-0.05, 0) is 19.4 Å². The minimum Gasteiger partial charge on any atom is -0.361 e. The van der Waals surface area contributed by atoms with Crippen molar-refractivity contribution in [2.45, 2.75) is 33.4 Å². The van der Waals surface area contributed by atoms with Crippen molar-refractivity contribution in [3.05, 3.63) is 79.8 Å². The van der Waals surface area contributed by atoms with E-state index in [9.17, 15) is 19.7 Å². The van der Waals surface area contributed by atoms with Crippen LogP contribution in [0.4, 0.5) is 5.69 Å². The summed E-state index contributed by atoms with van der Waals surface area (Å²) in [6, 6.07) is 6.09. The predicted octanol–water partition coefficient (Wildman–Crippen LogP) is 1.51. The van der Waals surface area contributed by atoms with Crippen molar-refractivity contribution in [2.24, 2.45) is 0 Å². The highest BCUT2D eigenvalue weighted by molar-refractivity contribution is 5.79. The smallest absolute Gasteiger partial charge is 0.269 e. The van der Waals surface area contributed by atoms with Gasteiger partial charge in [-0.15, -0.1) is 0 Å². The maximum absolute atomic E-state index is 12.8. The summed E-state index contributed by atoms with van der Waals surface area (Å²) in [7, 11) is 0. The van der Waals surface area contributed by atoms with Gasteiger partial charge in [0.1, 0.15) is 17.5 Å². The number of rotatable bonds is 8. The molecule has 0 saturated carbocycles. The van der Waals surface area contributed by atoms with E-state index >= 15 is 0 Å². The topological polar surface area (TPSA) is 151 Å². The fourth-order valence-electron chi connectivity index (χ4n) is 3.52. The normalized spacial score (nSPS) is 11.1. The number of fused-ring (bicyclic) bond motifs is 1. The fourth-order valence-corrected chi connectivity index (χ4v) is 3.52. The van der Waals surface area contributed by atoms with Crippen LogP contribution in [-0.4, -0.2) is 41.9 Å². The van der Waals surface area contributed by atoms with Crippen molar-refractivity contribution in [3.8, 4) is 0 Å². The van der Waals surface area contributed by atoms with Crippen LogP contribution in [0.3, 0.4) is 0 Å². The number of carbonyl (C=O) groups excluding carboxylic acids is 1. The number of non-ortho nitro benzene ring substituents is 1. The summed E-state index contributed by atoms with van der Waals surface area (Å²) in [4.78, 5) is 39.9. The molecule has 12 heteroatoms. The zero-order valence-corrected chi connectivity index (χ0v) is 18.0. The number of nitro groups is 1. The van der Waals surface area contributed by atoms with Gasteiger partial charge in [-0.25, -0.2) is 9.67 Å². The Morgan fingerprint density at radius 2 is 2.12 bits per heavy atom. The Bertz CT molecular complexity index is 1380. The monoisotopic (exact) mass is 451 g/mol. The quantitative estimate of drug-likeness (QED) is 0.313. The van der Waals surface area contributed by atoms with E-state index in [4.69, 9.17) is 4.52 Å². The molecule has 0 aliphatic heterocycles. The number of carbonyl (C=O) groups is 1. The van der Waals surface area contributed by atoms with E-state index in [1.807, 2.05) is 0 Å². The summed E-state index contributed by atoms with van der Waals surface area (Å²) in [6.07, 6.45) is 2.99. The number of aryl methyl sites for hydroxylation is 2. The van der Waals surface area contributed by atoms with E-state index in [2.05, 4.69) is 20.6 Å². The summed E-state index contributed by atoms with van der Waals surface area (Å²) in [5, 5.41) is 22.2. The van der Waals surface area contributed by atoms with Gasteiger partial charge in [-0.3, -0.25) is 24.3 Å². The molecular formula is C21H21N7O5. The third kappa shape index (κ3) is 4.63. The van der Waals surface area contributed by atoms with Crippen LogP contribution in [0, 0.1) is 24.0 Å². The second-order valence-electron chi connectivity index (χ2n) is 7.54. The van der Waals surface area contributed by atoms with Crippen molar-refractivity contribution in [2.75, 3.05) is 6.54 Å². The van der Waals surface area contributed by atoms with E-state index in [1.165, 1.54) is 29.2 Å². The third-order valence-electron chi connectivity index (χ3n) is 5.26. The molecule has 0 saturated heterocycles. The number of nitrogens with one attached hydrogen (secondary N) is 1. The Kier molecular flexibility index (Phi) is 5.98. The van der Waals surface area contributed by atoms with Gasteiger partial charge in [0.05, 0.1) is 36.3 Å². The van der Waals surface area contributed by atoms with Crippen molar-refractivity contribution in [1.29, 1.82) is 0 Å². The fraction of sp³-hybridized carbons (Fsp3) is 0.286. The van der Waals surface area contributed by atoms with Gasteiger partial charge in [0, 0.05) is 24.2 Å². The number of hydrogen-bond donors (Lipinski definition) is 1. The van der Waals surface area contributed by atoms with E-state index in [1.54, 1.807) is 30.7 Å². The van der Waals surface area contributed by atoms with Gasteiger partial charge in [-0.2, -0.15) is 5.10 Å². The lowest BCUT2D eigenvalue weighted by molar-refractivity contribution is -0.384. The Balaban J connectivity index is 1.42. The molecule has 1 amide bonds. The van der Waals surface area contributed by atoms with E-state index in [-0.39, 0.29) is 30.1 Å². The molecule has 0 bridgehead atoms.